The molecule has 0 spiro atoms. The minimum Gasteiger partial charge on any atom is -0.494 e. The maximum atomic E-state index is 5.69. The lowest BCUT2D eigenvalue weighted by atomic mass is 10.1. The van der Waals surface area contributed by atoms with E-state index in [0.717, 1.165) is 52.9 Å². The quantitative estimate of drug-likeness (QED) is 0.310. The second-order valence-electron chi connectivity index (χ2n) is 5.94. The van der Waals surface area contributed by atoms with E-state index in [0.29, 0.717) is 0 Å². The van der Waals surface area contributed by atoms with Crippen LogP contribution in [0, 0.1) is 0 Å². The molecule has 0 aliphatic heterocycles. The van der Waals surface area contributed by atoms with Gasteiger partial charge in [0.2, 0.25) is 5.13 Å². The van der Waals surface area contributed by atoms with Gasteiger partial charge in [0, 0.05) is 10.9 Å². The molecule has 3 aromatic rings. The summed E-state index contributed by atoms with van der Waals surface area (Å²) in [6, 6.07) is 18.2. The fraction of sp³-hybridized carbons (Fsp3) is 0.238. The predicted molar refractivity (Wildman–Crippen MR) is 110 cm³/mol. The molecule has 0 fully saturated rings. The SMILES string of the molecule is CCCCOc1ccc(/C(C)=N\Nc2nc(-c3ccccc3)cs2)cc1. The summed E-state index contributed by atoms with van der Waals surface area (Å²) in [5.74, 6) is 0.899. The molecule has 0 unspecified atom stereocenters. The van der Waals surface area contributed by atoms with Crippen LogP contribution in [0.5, 0.6) is 5.75 Å². The molecule has 1 aromatic heterocycles. The fourth-order valence-electron chi connectivity index (χ4n) is 2.39. The molecular weight excluding hydrogens is 342 g/mol. The van der Waals surface area contributed by atoms with Crippen LogP contribution in [0.15, 0.2) is 65.1 Å². The summed E-state index contributed by atoms with van der Waals surface area (Å²) >= 11 is 1.55. The molecule has 0 saturated carbocycles. The normalized spacial score (nSPS) is 11.4. The number of hydrogen-bond donors (Lipinski definition) is 1. The summed E-state index contributed by atoms with van der Waals surface area (Å²) in [4.78, 5) is 4.58. The van der Waals surface area contributed by atoms with Gasteiger partial charge in [-0.15, -0.1) is 11.3 Å². The number of benzene rings is 2. The Morgan fingerprint density at radius 3 is 2.62 bits per heavy atom. The molecule has 3 rings (SSSR count). The van der Waals surface area contributed by atoms with Gasteiger partial charge in [-0.2, -0.15) is 5.10 Å². The third-order valence-electron chi connectivity index (χ3n) is 3.93. The van der Waals surface area contributed by atoms with Crippen molar-refractivity contribution >= 4 is 22.2 Å². The highest BCUT2D eigenvalue weighted by Crippen LogP contribution is 2.24. The standard InChI is InChI=1S/C21H23N3OS/c1-3-4-14-25-19-12-10-17(11-13-19)16(2)23-24-21-22-20(15-26-21)18-8-6-5-7-9-18/h5-13,15H,3-4,14H2,1-2H3,(H,22,24)/b23-16-. The molecule has 26 heavy (non-hydrogen) atoms. The number of aromatic nitrogens is 1. The van der Waals surface area contributed by atoms with Gasteiger partial charge in [0.1, 0.15) is 5.75 Å². The minimum atomic E-state index is 0.762. The van der Waals surface area contributed by atoms with E-state index >= 15 is 0 Å². The number of hydrogen-bond acceptors (Lipinski definition) is 5. The van der Waals surface area contributed by atoms with Gasteiger partial charge in [-0.1, -0.05) is 43.7 Å². The van der Waals surface area contributed by atoms with E-state index in [1.807, 2.05) is 54.8 Å². The highest BCUT2D eigenvalue weighted by Gasteiger charge is 2.04. The van der Waals surface area contributed by atoms with E-state index in [9.17, 15) is 0 Å². The summed E-state index contributed by atoms with van der Waals surface area (Å²) in [5, 5.41) is 7.26. The molecule has 0 saturated heterocycles. The smallest absolute Gasteiger partial charge is 0.203 e. The first-order valence-electron chi connectivity index (χ1n) is 8.80. The van der Waals surface area contributed by atoms with Crippen LogP contribution >= 0.6 is 11.3 Å². The number of ether oxygens (including phenoxy) is 1. The van der Waals surface area contributed by atoms with E-state index in [1.54, 1.807) is 11.3 Å². The monoisotopic (exact) mass is 365 g/mol. The van der Waals surface area contributed by atoms with Crippen molar-refractivity contribution in [1.82, 2.24) is 4.98 Å². The van der Waals surface area contributed by atoms with E-state index in [1.165, 1.54) is 0 Å². The molecule has 5 heteroatoms. The van der Waals surface area contributed by atoms with Gasteiger partial charge in [0.05, 0.1) is 18.0 Å². The molecular formula is C21H23N3OS. The van der Waals surface area contributed by atoms with Crippen molar-refractivity contribution in [2.24, 2.45) is 5.10 Å². The Kier molecular flexibility index (Phi) is 6.39. The number of nitrogens with zero attached hydrogens (tertiary/aromatic N) is 2. The van der Waals surface area contributed by atoms with Crippen molar-refractivity contribution < 1.29 is 4.74 Å². The van der Waals surface area contributed by atoms with Gasteiger partial charge < -0.3 is 4.74 Å². The first-order chi connectivity index (χ1) is 12.8. The second-order valence-corrected chi connectivity index (χ2v) is 6.80. The fourth-order valence-corrected chi connectivity index (χ4v) is 3.05. The number of nitrogens with one attached hydrogen (secondary N) is 1. The highest BCUT2D eigenvalue weighted by molar-refractivity contribution is 7.14. The molecule has 0 amide bonds. The van der Waals surface area contributed by atoms with Crippen molar-refractivity contribution in [2.75, 3.05) is 12.0 Å². The maximum absolute atomic E-state index is 5.69. The first kappa shape index (κ1) is 18.1. The maximum Gasteiger partial charge on any atom is 0.203 e. The van der Waals surface area contributed by atoms with E-state index < -0.39 is 0 Å². The summed E-state index contributed by atoms with van der Waals surface area (Å²) < 4.78 is 5.69. The molecule has 0 atom stereocenters. The van der Waals surface area contributed by atoms with Crippen molar-refractivity contribution in [2.45, 2.75) is 26.7 Å². The largest absolute Gasteiger partial charge is 0.494 e. The van der Waals surface area contributed by atoms with E-state index in [2.05, 4.69) is 34.6 Å². The third kappa shape index (κ3) is 4.92. The predicted octanol–water partition coefficient (Wildman–Crippen LogP) is 5.83. The summed E-state index contributed by atoms with van der Waals surface area (Å²) in [7, 11) is 0. The molecule has 0 radical (unpaired) electrons. The zero-order valence-corrected chi connectivity index (χ0v) is 15.9. The first-order valence-corrected chi connectivity index (χ1v) is 9.68. The van der Waals surface area contributed by atoms with Gasteiger partial charge in [0.15, 0.2) is 0 Å². The average molecular weight is 366 g/mol. The number of hydrazone groups is 1. The number of anilines is 1. The minimum absolute atomic E-state index is 0.762. The Bertz CT molecular complexity index is 841. The second kappa shape index (κ2) is 9.15. The summed E-state index contributed by atoms with van der Waals surface area (Å²) in [6.45, 7) is 4.90. The van der Waals surface area contributed by atoms with Crippen molar-refractivity contribution in [3.63, 3.8) is 0 Å². The molecule has 2 aromatic carbocycles. The van der Waals surface area contributed by atoms with Crippen LogP contribution in [0.2, 0.25) is 0 Å². The molecule has 4 nitrogen and oxygen atoms in total. The van der Waals surface area contributed by atoms with Crippen LogP contribution in [0.1, 0.15) is 32.3 Å². The van der Waals surface area contributed by atoms with Gasteiger partial charge in [-0.25, -0.2) is 4.98 Å². The zero-order valence-electron chi connectivity index (χ0n) is 15.1. The number of thiazole rings is 1. The van der Waals surface area contributed by atoms with Gasteiger partial charge in [-0.3, -0.25) is 5.43 Å². The average Bonchev–Trinajstić information content (AvgIpc) is 3.17. The summed E-state index contributed by atoms with van der Waals surface area (Å²) in [6.07, 6.45) is 2.21. The Morgan fingerprint density at radius 2 is 1.88 bits per heavy atom. The van der Waals surface area contributed by atoms with Crippen LogP contribution in [0.3, 0.4) is 0 Å². The van der Waals surface area contributed by atoms with Crippen LogP contribution in [-0.4, -0.2) is 17.3 Å². The molecule has 0 aliphatic carbocycles. The Hall–Kier alpha value is -2.66. The molecule has 0 bridgehead atoms. The number of rotatable bonds is 8. The third-order valence-corrected chi connectivity index (χ3v) is 4.68. The van der Waals surface area contributed by atoms with Crippen molar-refractivity contribution in [3.8, 4) is 17.0 Å². The molecule has 134 valence electrons. The van der Waals surface area contributed by atoms with Crippen LogP contribution in [-0.2, 0) is 0 Å². The highest BCUT2D eigenvalue weighted by atomic mass is 32.1. The molecule has 1 heterocycles. The Labute approximate surface area is 158 Å². The lowest BCUT2D eigenvalue weighted by Crippen LogP contribution is -2.00. The van der Waals surface area contributed by atoms with Crippen molar-refractivity contribution in [3.05, 3.63) is 65.5 Å². The van der Waals surface area contributed by atoms with E-state index in [-0.39, 0.29) is 0 Å². The van der Waals surface area contributed by atoms with Crippen LogP contribution in [0.4, 0.5) is 5.13 Å². The van der Waals surface area contributed by atoms with E-state index in [4.69, 9.17) is 4.74 Å². The lowest BCUT2D eigenvalue weighted by Gasteiger charge is -2.06. The molecule has 0 aliphatic rings. The lowest BCUT2D eigenvalue weighted by molar-refractivity contribution is 0.309. The summed E-state index contributed by atoms with van der Waals surface area (Å²) in [5.41, 5.74) is 7.08. The van der Waals surface area contributed by atoms with Gasteiger partial charge >= 0.3 is 0 Å². The zero-order chi connectivity index (χ0) is 18.2. The topological polar surface area (TPSA) is 46.5 Å². The Balaban J connectivity index is 1.61. The van der Waals surface area contributed by atoms with Crippen LogP contribution < -0.4 is 10.2 Å². The van der Waals surface area contributed by atoms with Gasteiger partial charge in [-0.05, 0) is 43.2 Å². The van der Waals surface area contributed by atoms with Gasteiger partial charge in [0.25, 0.3) is 0 Å². The Morgan fingerprint density at radius 1 is 1.12 bits per heavy atom. The van der Waals surface area contributed by atoms with Crippen LogP contribution in [0.25, 0.3) is 11.3 Å². The van der Waals surface area contributed by atoms with Crippen molar-refractivity contribution in [1.29, 1.82) is 0 Å². The number of unbranched alkanes of at least 4 members (excludes halogenated alkanes) is 1. The molecule has 1 N–H and O–H groups in total.